The first-order valence-corrected chi connectivity index (χ1v) is 14.3. The fraction of sp³-hybridized carbons (Fsp3) is 0.462. The minimum Gasteiger partial charge on any atom is -0.481 e. The van der Waals surface area contributed by atoms with E-state index in [2.05, 4.69) is 0 Å². The van der Waals surface area contributed by atoms with Crippen molar-refractivity contribution >= 4 is 44.9 Å². The van der Waals surface area contributed by atoms with Crippen molar-refractivity contribution in [2.75, 3.05) is 12.0 Å². The third-order valence-electron chi connectivity index (χ3n) is 6.73. The number of aliphatic carboxylic acids is 1. The molecule has 2 aromatic carbocycles. The van der Waals surface area contributed by atoms with Gasteiger partial charge in [-0.25, -0.2) is 8.42 Å². The number of benzene rings is 2. The van der Waals surface area contributed by atoms with Crippen molar-refractivity contribution < 1.29 is 23.1 Å². The van der Waals surface area contributed by atoms with Crippen molar-refractivity contribution in [1.29, 1.82) is 0 Å². The van der Waals surface area contributed by atoms with Gasteiger partial charge in [0, 0.05) is 28.3 Å². The summed E-state index contributed by atoms with van der Waals surface area (Å²) in [5, 5.41) is 10.7. The smallest absolute Gasteiger partial charge is 0.304 e. The van der Waals surface area contributed by atoms with Gasteiger partial charge in [0.15, 0.2) is 0 Å². The molecule has 1 fully saturated rings. The van der Waals surface area contributed by atoms with Crippen LogP contribution in [0.3, 0.4) is 0 Å². The number of carboxylic acid groups (broad SMARTS) is 1. The number of halogens is 2. The minimum atomic E-state index is -3.46. The average Bonchev–Trinajstić information content (AvgIpc) is 2.73. The minimum absolute atomic E-state index is 0.198. The van der Waals surface area contributed by atoms with E-state index >= 15 is 0 Å². The fourth-order valence-electron chi connectivity index (χ4n) is 5.15. The second-order valence-corrected chi connectivity index (χ2v) is 13.2. The van der Waals surface area contributed by atoms with Crippen LogP contribution in [0.25, 0.3) is 0 Å². The van der Waals surface area contributed by atoms with Gasteiger partial charge in [-0.1, -0.05) is 68.2 Å². The van der Waals surface area contributed by atoms with Gasteiger partial charge in [-0.15, -0.1) is 0 Å². The highest BCUT2D eigenvalue weighted by Crippen LogP contribution is 2.52. The summed E-state index contributed by atoms with van der Waals surface area (Å²) in [6.07, 6.45) is 1.06. The molecule has 6 nitrogen and oxygen atoms in total. The number of hydrogen-bond acceptors (Lipinski definition) is 4. The normalized spacial score (nSPS) is 24.0. The van der Waals surface area contributed by atoms with Crippen LogP contribution in [0.2, 0.25) is 10.0 Å². The average molecular weight is 541 g/mol. The molecule has 1 amide bonds. The Bertz CT molecular complexity index is 1200. The summed E-state index contributed by atoms with van der Waals surface area (Å²) in [5.74, 6) is -2.19. The zero-order valence-electron chi connectivity index (χ0n) is 20.2. The molecular weight excluding hydrogens is 509 g/mol. The molecule has 0 aromatic heterocycles. The van der Waals surface area contributed by atoms with E-state index < -0.39 is 33.3 Å². The van der Waals surface area contributed by atoms with E-state index in [0.717, 1.165) is 17.4 Å². The molecule has 1 aliphatic heterocycles. The Morgan fingerprint density at radius 3 is 2.26 bits per heavy atom. The molecule has 4 atom stereocenters. The van der Waals surface area contributed by atoms with Crippen molar-refractivity contribution in [1.82, 2.24) is 4.90 Å². The molecule has 1 N–H and O–H groups in total. The second-order valence-electron chi connectivity index (χ2n) is 10.1. The maximum atomic E-state index is 14.1. The molecule has 9 heteroatoms. The third kappa shape index (κ3) is 6.38. The predicted molar refractivity (Wildman–Crippen MR) is 139 cm³/mol. The molecule has 0 radical (unpaired) electrons. The van der Waals surface area contributed by atoms with Crippen molar-refractivity contribution in [2.45, 2.75) is 51.6 Å². The van der Waals surface area contributed by atoms with Crippen LogP contribution in [-0.4, -0.2) is 48.4 Å². The van der Waals surface area contributed by atoms with Crippen LogP contribution < -0.4 is 0 Å². The van der Waals surface area contributed by atoms with Crippen molar-refractivity contribution in [3.8, 4) is 0 Å². The largest absolute Gasteiger partial charge is 0.481 e. The van der Waals surface area contributed by atoms with Crippen LogP contribution >= 0.6 is 23.2 Å². The molecule has 0 spiro atoms. The molecule has 2 aromatic rings. The molecule has 1 heterocycles. The molecular formula is C26H31Cl2NO5S. The monoisotopic (exact) mass is 539 g/mol. The van der Waals surface area contributed by atoms with Gasteiger partial charge in [0.1, 0.15) is 9.84 Å². The first kappa shape index (κ1) is 27.5. The van der Waals surface area contributed by atoms with Crippen molar-refractivity contribution in [3.63, 3.8) is 0 Å². The van der Waals surface area contributed by atoms with E-state index in [1.54, 1.807) is 30.0 Å². The number of carbonyl (C=O) groups is 2. The van der Waals surface area contributed by atoms with Gasteiger partial charge in [-0.05, 0) is 47.7 Å². The Morgan fingerprint density at radius 1 is 1.11 bits per heavy atom. The fourth-order valence-corrected chi connectivity index (χ4v) is 6.64. The summed E-state index contributed by atoms with van der Waals surface area (Å²) in [5.41, 5.74) is 0.421. The lowest BCUT2D eigenvalue weighted by Crippen LogP contribution is -2.58. The molecule has 3 rings (SSSR count). The SMILES string of the molecule is CC(C)[C@@H](CS(C)(=O)=O)N1C(=O)[C@@](C)(CC(=O)O)C[C@H](c2cccc(Cl)c2)[C@H]1c1ccc(Cl)cc1. The standard InChI is InChI=1S/C26H31Cl2NO5S/c1-16(2)22(15-35(4,33)34)29-24(17-8-10-19(27)11-9-17)21(18-6-5-7-20(28)12-18)13-26(3,25(29)32)14-23(30)31/h5-12,16,21-22,24H,13-15H2,1-4H3,(H,30,31)/t21-,22-,24-,26-/m1/s1. The highest BCUT2D eigenvalue weighted by atomic mass is 35.5. The predicted octanol–water partition coefficient (Wildman–Crippen LogP) is 5.60. The van der Waals surface area contributed by atoms with E-state index in [-0.39, 0.29) is 36.3 Å². The number of carboxylic acids is 1. The number of nitrogens with zero attached hydrogens (tertiary/aromatic N) is 1. The van der Waals surface area contributed by atoms with Crippen molar-refractivity contribution in [3.05, 3.63) is 69.7 Å². The number of hydrogen-bond donors (Lipinski definition) is 1. The molecule has 0 bridgehead atoms. The Kier molecular flexibility index (Phi) is 8.24. The summed E-state index contributed by atoms with van der Waals surface area (Å²) in [6, 6.07) is 13.3. The quantitative estimate of drug-likeness (QED) is 0.471. The van der Waals surface area contributed by atoms with Crippen LogP contribution in [-0.2, 0) is 19.4 Å². The Balaban J connectivity index is 2.30. The Morgan fingerprint density at radius 2 is 1.74 bits per heavy atom. The molecule has 35 heavy (non-hydrogen) atoms. The van der Waals surface area contributed by atoms with Crippen LogP contribution in [0.1, 0.15) is 56.7 Å². The molecule has 0 saturated carbocycles. The van der Waals surface area contributed by atoms with E-state index in [9.17, 15) is 23.1 Å². The molecule has 1 aliphatic rings. The number of piperidine rings is 1. The van der Waals surface area contributed by atoms with Gasteiger partial charge in [0.05, 0.1) is 23.6 Å². The highest BCUT2D eigenvalue weighted by molar-refractivity contribution is 7.90. The number of carbonyl (C=O) groups excluding carboxylic acids is 1. The number of sulfone groups is 1. The topological polar surface area (TPSA) is 91.8 Å². The zero-order valence-corrected chi connectivity index (χ0v) is 22.6. The first-order valence-electron chi connectivity index (χ1n) is 11.4. The summed E-state index contributed by atoms with van der Waals surface area (Å²) in [6.45, 7) is 5.41. The van der Waals surface area contributed by atoms with Crippen LogP contribution in [0.5, 0.6) is 0 Å². The number of rotatable bonds is 8. The summed E-state index contributed by atoms with van der Waals surface area (Å²) in [4.78, 5) is 27.6. The Hall–Kier alpha value is -2.09. The zero-order chi connectivity index (χ0) is 26.1. The number of amides is 1. The van der Waals surface area contributed by atoms with Gasteiger partial charge in [0.25, 0.3) is 0 Å². The van der Waals surface area contributed by atoms with Gasteiger partial charge < -0.3 is 10.0 Å². The summed E-state index contributed by atoms with van der Waals surface area (Å²) in [7, 11) is -3.46. The maximum Gasteiger partial charge on any atom is 0.304 e. The first-order chi connectivity index (χ1) is 16.2. The van der Waals surface area contributed by atoms with Gasteiger partial charge in [-0.3, -0.25) is 9.59 Å². The summed E-state index contributed by atoms with van der Waals surface area (Å²) < 4.78 is 24.9. The van der Waals surface area contributed by atoms with Gasteiger partial charge in [-0.2, -0.15) is 0 Å². The summed E-state index contributed by atoms with van der Waals surface area (Å²) >= 11 is 12.5. The van der Waals surface area contributed by atoms with E-state index in [4.69, 9.17) is 23.2 Å². The van der Waals surface area contributed by atoms with E-state index in [1.165, 1.54) is 0 Å². The van der Waals surface area contributed by atoms with E-state index in [1.807, 2.05) is 44.2 Å². The number of likely N-dealkylation sites (tertiary alicyclic amines) is 1. The van der Waals surface area contributed by atoms with Crippen LogP contribution in [0, 0.1) is 11.3 Å². The lowest BCUT2D eigenvalue weighted by Gasteiger charge is -2.52. The van der Waals surface area contributed by atoms with E-state index in [0.29, 0.717) is 10.0 Å². The van der Waals surface area contributed by atoms with Crippen LogP contribution in [0.4, 0.5) is 0 Å². The van der Waals surface area contributed by atoms with Crippen molar-refractivity contribution in [2.24, 2.45) is 11.3 Å². The highest BCUT2D eigenvalue weighted by Gasteiger charge is 2.53. The lowest BCUT2D eigenvalue weighted by molar-refractivity contribution is -0.161. The molecule has 0 unspecified atom stereocenters. The lowest BCUT2D eigenvalue weighted by atomic mass is 9.66. The molecule has 1 saturated heterocycles. The third-order valence-corrected chi connectivity index (χ3v) is 8.17. The molecule has 0 aliphatic carbocycles. The second kappa shape index (κ2) is 10.5. The Labute approximate surface area is 217 Å². The maximum absolute atomic E-state index is 14.1. The van der Waals surface area contributed by atoms with Crippen LogP contribution in [0.15, 0.2) is 48.5 Å². The van der Waals surface area contributed by atoms with Gasteiger partial charge >= 0.3 is 5.97 Å². The molecule has 190 valence electrons. The van der Waals surface area contributed by atoms with Gasteiger partial charge in [0.2, 0.25) is 5.91 Å².